The van der Waals surface area contributed by atoms with Gasteiger partial charge in [0.15, 0.2) is 0 Å². The number of carboxylic acids is 1. The maximum atomic E-state index is 13.2. The quantitative estimate of drug-likeness (QED) is 0.688. The third-order valence-corrected chi connectivity index (χ3v) is 11.1. The number of amides is 2. The summed E-state index contributed by atoms with van der Waals surface area (Å²) in [6.07, 6.45) is 6.31. The van der Waals surface area contributed by atoms with Crippen LogP contribution in [-0.4, -0.2) is 44.6 Å². The molecule has 2 bridgehead atoms. The number of aromatic nitrogens is 1. The molecule has 6 atom stereocenters. The van der Waals surface area contributed by atoms with Gasteiger partial charge in [-0.3, -0.25) is 24.1 Å². The van der Waals surface area contributed by atoms with Crippen LogP contribution in [0.1, 0.15) is 49.8 Å². The summed E-state index contributed by atoms with van der Waals surface area (Å²) >= 11 is 3.08. The van der Waals surface area contributed by atoms with Crippen LogP contribution in [0.25, 0.3) is 0 Å². The van der Waals surface area contributed by atoms with E-state index in [1.54, 1.807) is 11.8 Å². The summed E-state index contributed by atoms with van der Waals surface area (Å²) in [5.74, 6) is -1.30. The number of carbonyl (C=O) groups is 3. The van der Waals surface area contributed by atoms with E-state index in [-0.39, 0.29) is 64.0 Å². The number of thiazole rings is 1. The summed E-state index contributed by atoms with van der Waals surface area (Å²) in [6, 6.07) is 0. The molecule has 3 heterocycles. The summed E-state index contributed by atoms with van der Waals surface area (Å²) in [6.45, 7) is -0.0201. The molecule has 2 amide bonds. The molecule has 6 rings (SSSR count). The van der Waals surface area contributed by atoms with Crippen molar-refractivity contribution < 1.29 is 19.5 Å². The Morgan fingerprint density at radius 1 is 1.10 bits per heavy atom. The fraction of sp³-hybridized carbons (Fsp3) is 0.714. The average molecular weight is 449 g/mol. The molecule has 9 heteroatoms. The standard InChI is InChI=1S/C21H24N2O5S2/c24-11(25)4-7-23-18(26)12-9-8-10(13(12)19(23)27)15-14(9)21(5-2-1-3-6-21)16-17(29-15)22-20(28)30-16/h9-10,12-15H,1-8H2,(H,22,28)(H,24,25)/t9-,10-,12-,13-,14+,15+/m0/s1. The molecule has 0 radical (unpaired) electrons. The van der Waals surface area contributed by atoms with E-state index in [4.69, 9.17) is 5.11 Å². The van der Waals surface area contributed by atoms with Gasteiger partial charge in [-0.25, -0.2) is 0 Å². The molecule has 1 spiro atoms. The van der Waals surface area contributed by atoms with E-state index >= 15 is 0 Å². The van der Waals surface area contributed by atoms with Gasteiger partial charge in [-0.15, -0.1) is 11.8 Å². The van der Waals surface area contributed by atoms with E-state index in [0.29, 0.717) is 5.92 Å². The minimum absolute atomic E-state index is 0.00281. The highest BCUT2D eigenvalue weighted by molar-refractivity contribution is 8.00. The molecule has 1 aromatic heterocycles. The van der Waals surface area contributed by atoms with E-state index < -0.39 is 5.97 Å². The Kier molecular flexibility index (Phi) is 4.11. The van der Waals surface area contributed by atoms with Crippen molar-refractivity contribution in [3.8, 4) is 0 Å². The van der Waals surface area contributed by atoms with Crippen LogP contribution in [0.2, 0.25) is 0 Å². The molecule has 3 saturated carbocycles. The molecule has 1 saturated heterocycles. The predicted molar refractivity (Wildman–Crippen MR) is 110 cm³/mol. The monoisotopic (exact) mass is 448 g/mol. The van der Waals surface area contributed by atoms with Gasteiger partial charge in [-0.1, -0.05) is 30.6 Å². The number of thioether (sulfide) groups is 1. The summed E-state index contributed by atoms with van der Waals surface area (Å²) in [4.78, 5) is 55.1. The average Bonchev–Trinajstić information content (AvgIpc) is 3.43. The van der Waals surface area contributed by atoms with Crippen molar-refractivity contribution in [3.05, 3.63) is 14.5 Å². The molecule has 0 unspecified atom stereocenters. The first-order chi connectivity index (χ1) is 14.4. The molecule has 3 aliphatic carbocycles. The van der Waals surface area contributed by atoms with Gasteiger partial charge in [0.1, 0.15) is 0 Å². The van der Waals surface area contributed by atoms with Crippen molar-refractivity contribution in [2.24, 2.45) is 29.6 Å². The number of likely N-dealkylation sites (tertiary alicyclic amines) is 1. The third kappa shape index (κ3) is 2.33. The number of nitrogens with zero attached hydrogens (tertiary/aromatic N) is 1. The number of hydrogen-bond donors (Lipinski definition) is 2. The number of rotatable bonds is 3. The number of carboxylic acid groups (broad SMARTS) is 1. The lowest BCUT2D eigenvalue weighted by molar-refractivity contribution is -0.142. The molecule has 160 valence electrons. The van der Waals surface area contributed by atoms with Crippen molar-refractivity contribution >= 4 is 40.9 Å². The minimum atomic E-state index is -0.991. The van der Waals surface area contributed by atoms with Crippen molar-refractivity contribution in [2.75, 3.05) is 6.54 Å². The first kappa shape index (κ1) is 19.1. The maximum Gasteiger partial charge on any atom is 0.305 e. The lowest BCUT2D eigenvalue weighted by atomic mass is 9.57. The van der Waals surface area contributed by atoms with Gasteiger partial charge in [-0.05, 0) is 37.0 Å². The summed E-state index contributed by atoms with van der Waals surface area (Å²) in [5.41, 5.74) is -0.0461. The Hall–Kier alpha value is -1.61. The zero-order chi connectivity index (χ0) is 20.8. The SMILES string of the molecule is O=C(O)CCN1C(=O)[C@H]2[C@@H]3C[C@@H]([C@@H]2C1=O)[C@@H]1[C@@H]3Sc2[nH]c(=O)sc2C12CCCCC2. The fourth-order valence-corrected chi connectivity index (χ4v) is 10.7. The summed E-state index contributed by atoms with van der Waals surface area (Å²) in [5, 5.41) is 10.3. The van der Waals surface area contributed by atoms with Crippen LogP contribution >= 0.6 is 23.1 Å². The first-order valence-corrected chi connectivity index (χ1v) is 12.6. The number of H-pyrrole nitrogens is 1. The zero-order valence-corrected chi connectivity index (χ0v) is 18.1. The van der Waals surface area contributed by atoms with E-state index in [2.05, 4.69) is 4.98 Å². The highest BCUT2D eigenvalue weighted by atomic mass is 32.2. The van der Waals surface area contributed by atoms with Crippen molar-refractivity contribution in [1.29, 1.82) is 0 Å². The van der Waals surface area contributed by atoms with Crippen LogP contribution in [0.3, 0.4) is 0 Å². The van der Waals surface area contributed by atoms with Gasteiger partial charge in [0, 0.05) is 22.1 Å². The lowest BCUT2D eigenvalue weighted by Crippen LogP contribution is -2.51. The van der Waals surface area contributed by atoms with Crippen LogP contribution in [0.15, 0.2) is 9.82 Å². The predicted octanol–water partition coefficient (Wildman–Crippen LogP) is 2.45. The first-order valence-electron chi connectivity index (χ1n) is 10.9. The van der Waals surface area contributed by atoms with Crippen LogP contribution in [-0.2, 0) is 19.8 Å². The zero-order valence-electron chi connectivity index (χ0n) is 16.5. The molecular formula is C21H24N2O5S2. The number of nitrogens with one attached hydrogen (secondary N) is 1. The van der Waals surface area contributed by atoms with Gasteiger partial charge < -0.3 is 10.1 Å². The van der Waals surface area contributed by atoms with E-state index in [0.717, 1.165) is 37.1 Å². The molecule has 5 aliphatic rings. The van der Waals surface area contributed by atoms with Gasteiger partial charge in [0.25, 0.3) is 0 Å². The topological polar surface area (TPSA) is 108 Å². The Morgan fingerprint density at radius 3 is 2.50 bits per heavy atom. The number of carbonyl (C=O) groups excluding carboxylic acids is 2. The smallest absolute Gasteiger partial charge is 0.305 e. The molecule has 2 N–H and O–H groups in total. The van der Waals surface area contributed by atoms with Crippen LogP contribution in [0.5, 0.6) is 0 Å². The molecule has 0 aromatic carbocycles. The van der Waals surface area contributed by atoms with E-state index in [1.165, 1.54) is 27.5 Å². The number of imide groups is 1. The lowest BCUT2D eigenvalue weighted by Gasteiger charge is -2.52. The molecule has 4 fully saturated rings. The van der Waals surface area contributed by atoms with Gasteiger partial charge in [0.2, 0.25) is 11.8 Å². The van der Waals surface area contributed by atoms with Gasteiger partial charge in [0.05, 0.1) is 23.3 Å². The second-order valence-electron chi connectivity index (χ2n) is 9.58. The highest BCUT2D eigenvalue weighted by Crippen LogP contribution is 2.71. The minimum Gasteiger partial charge on any atom is -0.481 e. The second-order valence-corrected chi connectivity index (χ2v) is 11.8. The molecule has 30 heavy (non-hydrogen) atoms. The van der Waals surface area contributed by atoms with Crippen molar-refractivity contribution in [1.82, 2.24) is 9.88 Å². The third-order valence-electron chi connectivity index (χ3n) is 8.45. The number of aromatic amines is 1. The van der Waals surface area contributed by atoms with E-state index in [9.17, 15) is 19.2 Å². The molecular weight excluding hydrogens is 424 g/mol. The molecule has 7 nitrogen and oxygen atoms in total. The number of hydrogen-bond acceptors (Lipinski definition) is 6. The van der Waals surface area contributed by atoms with Crippen LogP contribution in [0.4, 0.5) is 0 Å². The van der Waals surface area contributed by atoms with Crippen LogP contribution < -0.4 is 4.87 Å². The highest BCUT2D eigenvalue weighted by Gasteiger charge is 2.71. The Labute approximate surface area is 181 Å². The van der Waals surface area contributed by atoms with Gasteiger partial charge >= 0.3 is 10.8 Å². The van der Waals surface area contributed by atoms with Crippen molar-refractivity contribution in [2.45, 2.75) is 60.6 Å². The van der Waals surface area contributed by atoms with Crippen LogP contribution in [0, 0.1) is 29.6 Å². The van der Waals surface area contributed by atoms with Gasteiger partial charge in [-0.2, -0.15) is 0 Å². The number of aliphatic carboxylic acids is 1. The van der Waals surface area contributed by atoms with Crippen molar-refractivity contribution in [3.63, 3.8) is 0 Å². The Morgan fingerprint density at radius 2 is 1.80 bits per heavy atom. The molecule has 2 aliphatic heterocycles. The largest absolute Gasteiger partial charge is 0.481 e. The summed E-state index contributed by atoms with van der Waals surface area (Å²) < 4.78 is 0. The fourth-order valence-electron chi connectivity index (χ4n) is 7.57. The molecule has 1 aromatic rings. The number of fused-ring (bicyclic) bond motifs is 11. The normalized spacial score (nSPS) is 38.1. The maximum absolute atomic E-state index is 13.2. The Bertz CT molecular complexity index is 1010. The van der Waals surface area contributed by atoms with E-state index in [1.807, 2.05) is 0 Å². The Balaban J connectivity index is 1.41. The summed E-state index contributed by atoms with van der Waals surface area (Å²) in [7, 11) is 0. The second kappa shape index (κ2) is 6.45.